The molecule has 0 unspecified atom stereocenters. The average Bonchev–Trinajstić information content (AvgIpc) is 2.81. The molecule has 0 atom stereocenters. The maximum atomic E-state index is 6.06. The largest absolute Gasteiger partial charge is 0.457 e. The molecular weight excluding hydrogens is 248 g/mol. The van der Waals surface area contributed by atoms with Crippen LogP contribution in [0.3, 0.4) is 0 Å². The van der Waals surface area contributed by atoms with Gasteiger partial charge in [-0.15, -0.1) is 0 Å². The minimum absolute atomic E-state index is 0.888. The van der Waals surface area contributed by atoms with Crippen LogP contribution in [-0.2, 0) is 13.1 Å². The second-order valence-corrected chi connectivity index (χ2v) is 5.56. The number of hydrogen-bond acceptors (Lipinski definition) is 3. The smallest absolute Gasteiger partial charge is 0.132 e. The van der Waals surface area contributed by atoms with Gasteiger partial charge in [-0.3, -0.25) is 4.90 Å². The Balaban J connectivity index is 1.84. The molecule has 3 rings (SSSR count). The fourth-order valence-corrected chi connectivity index (χ4v) is 2.59. The summed E-state index contributed by atoms with van der Waals surface area (Å²) in [5.41, 5.74) is 3.86. The normalized spacial score (nSPS) is 14.2. The van der Waals surface area contributed by atoms with Gasteiger partial charge in [-0.25, -0.2) is 0 Å². The fourth-order valence-electron chi connectivity index (χ4n) is 2.59. The molecule has 20 heavy (non-hydrogen) atoms. The third kappa shape index (κ3) is 2.49. The van der Waals surface area contributed by atoms with Gasteiger partial charge in [0.2, 0.25) is 0 Å². The maximum absolute atomic E-state index is 6.06. The lowest BCUT2D eigenvalue weighted by atomic mass is 10.1. The monoisotopic (exact) mass is 268 g/mol. The first-order chi connectivity index (χ1) is 9.63. The molecule has 1 heterocycles. The van der Waals surface area contributed by atoms with Gasteiger partial charge in [-0.05, 0) is 42.9 Å². The van der Waals surface area contributed by atoms with E-state index in [1.807, 2.05) is 26.2 Å². The van der Waals surface area contributed by atoms with Gasteiger partial charge < -0.3 is 9.64 Å². The van der Waals surface area contributed by atoms with E-state index in [0.29, 0.717) is 0 Å². The van der Waals surface area contributed by atoms with E-state index >= 15 is 0 Å². The lowest BCUT2D eigenvalue weighted by Crippen LogP contribution is -2.08. The summed E-state index contributed by atoms with van der Waals surface area (Å²) in [6, 6.07) is 14.5. The Morgan fingerprint density at radius 2 is 1.75 bits per heavy atom. The average molecular weight is 268 g/mol. The minimum Gasteiger partial charge on any atom is -0.457 e. The van der Waals surface area contributed by atoms with Crippen LogP contribution in [0.2, 0.25) is 0 Å². The summed E-state index contributed by atoms with van der Waals surface area (Å²) in [7, 11) is 6.21. The van der Waals surface area contributed by atoms with Gasteiger partial charge in [-0.1, -0.05) is 12.1 Å². The Kier molecular flexibility index (Phi) is 3.36. The van der Waals surface area contributed by atoms with Crippen molar-refractivity contribution in [3.8, 4) is 11.5 Å². The van der Waals surface area contributed by atoms with E-state index in [0.717, 1.165) is 24.6 Å². The molecule has 1 aliphatic heterocycles. The van der Waals surface area contributed by atoms with E-state index in [2.05, 4.69) is 47.2 Å². The van der Waals surface area contributed by atoms with Crippen molar-refractivity contribution in [2.24, 2.45) is 0 Å². The fraction of sp³-hybridized carbons (Fsp3) is 0.294. The number of anilines is 1. The molecule has 0 amide bonds. The molecule has 0 fully saturated rings. The highest BCUT2D eigenvalue weighted by molar-refractivity contribution is 5.50. The second-order valence-electron chi connectivity index (χ2n) is 5.56. The zero-order valence-electron chi connectivity index (χ0n) is 12.3. The topological polar surface area (TPSA) is 15.7 Å². The van der Waals surface area contributed by atoms with Crippen LogP contribution in [0, 0.1) is 0 Å². The van der Waals surface area contributed by atoms with Crippen LogP contribution < -0.4 is 9.64 Å². The van der Waals surface area contributed by atoms with Crippen molar-refractivity contribution in [2.45, 2.75) is 13.1 Å². The second kappa shape index (κ2) is 5.17. The molecule has 3 heteroatoms. The zero-order chi connectivity index (χ0) is 14.1. The van der Waals surface area contributed by atoms with E-state index in [4.69, 9.17) is 4.74 Å². The first kappa shape index (κ1) is 13.0. The highest BCUT2D eigenvalue weighted by Crippen LogP contribution is 2.33. The molecular formula is C17H20N2O. The first-order valence-electron chi connectivity index (χ1n) is 6.88. The SMILES string of the molecule is CN1Cc2cccc(Oc3ccc(N(C)C)cc3)c2C1. The molecule has 0 bridgehead atoms. The third-order valence-electron chi connectivity index (χ3n) is 3.68. The predicted octanol–water partition coefficient (Wildman–Crippen LogP) is 3.49. The summed E-state index contributed by atoms with van der Waals surface area (Å²) in [5.74, 6) is 1.86. The van der Waals surface area contributed by atoms with Crippen molar-refractivity contribution in [2.75, 3.05) is 26.0 Å². The Morgan fingerprint density at radius 3 is 2.45 bits per heavy atom. The van der Waals surface area contributed by atoms with Crippen molar-refractivity contribution in [1.29, 1.82) is 0 Å². The van der Waals surface area contributed by atoms with E-state index < -0.39 is 0 Å². The first-order valence-corrected chi connectivity index (χ1v) is 6.88. The van der Waals surface area contributed by atoms with Crippen LogP contribution in [0.25, 0.3) is 0 Å². The molecule has 2 aromatic rings. The number of benzene rings is 2. The highest BCUT2D eigenvalue weighted by atomic mass is 16.5. The van der Waals surface area contributed by atoms with E-state index in [-0.39, 0.29) is 0 Å². The van der Waals surface area contributed by atoms with Crippen LogP contribution >= 0.6 is 0 Å². The Labute approximate surface area is 120 Å². The van der Waals surface area contributed by atoms with Gasteiger partial charge >= 0.3 is 0 Å². The van der Waals surface area contributed by atoms with Crippen LogP contribution in [0.1, 0.15) is 11.1 Å². The molecule has 2 aromatic carbocycles. The summed E-state index contributed by atoms with van der Waals surface area (Å²) >= 11 is 0. The Hall–Kier alpha value is -2.00. The van der Waals surface area contributed by atoms with E-state index in [1.54, 1.807) is 0 Å². The van der Waals surface area contributed by atoms with Crippen molar-refractivity contribution >= 4 is 5.69 Å². The molecule has 0 aliphatic carbocycles. The van der Waals surface area contributed by atoms with E-state index in [9.17, 15) is 0 Å². The molecule has 0 aromatic heterocycles. The Bertz CT molecular complexity index is 605. The third-order valence-corrected chi connectivity index (χ3v) is 3.68. The summed E-state index contributed by atoms with van der Waals surface area (Å²) < 4.78 is 6.06. The number of ether oxygens (including phenoxy) is 1. The van der Waals surface area contributed by atoms with Gasteiger partial charge in [0.1, 0.15) is 11.5 Å². The number of nitrogens with zero attached hydrogens (tertiary/aromatic N) is 2. The number of hydrogen-bond donors (Lipinski definition) is 0. The van der Waals surface area contributed by atoms with E-state index in [1.165, 1.54) is 16.8 Å². The lowest BCUT2D eigenvalue weighted by Gasteiger charge is -2.14. The molecule has 0 saturated carbocycles. The molecule has 1 aliphatic rings. The lowest BCUT2D eigenvalue weighted by molar-refractivity contribution is 0.349. The predicted molar refractivity (Wildman–Crippen MR) is 82.5 cm³/mol. The van der Waals surface area contributed by atoms with Gasteiger partial charge in [0.15, 0.2) is 0 Å². The highest BCUT2D eigenvalue weighted by Gasteiger charge is 2.19. The van der Waals surface area contributed by atoms with Crippen molar-refractivity contribution in [3.05, 3.63) is 53.6 Å². The zero-order valence-corrected chi connectivity index (χ0v) is 12.3. The van der Waals surface area contributed by atoms with Crippen molar-refractivity contribution in [3.63, 3.8) is 0 Å². The summed E-state index contributed by atoms with van der Waals surface area (Å²) in [4.78, 5) is 4.38. The maximum Gasteiger partial charge on any atom is 0.132 e. The van der Waals surface area contributed by atoms with Crippen LogP contribution in [0.4, 0.5) is 5.69 Å². The van der Waals surface area contributed by atoms with Crippen molar-refractivity contribution < 1.29 is 4.74 Å². The summed E-state index contributed by atoms with van der Waals surface area (Å²) in [6.45, 7) is 1.97. The molecule has 0 N–H and O–H groups in total. The van der Waals surface area contributed by atoms with Gasteiger partial charge in [0.25, 0.3) is 0 Å². The van der Waals surface area contributed by atoms with Crippen LogP contribution in [-0.4, -0.2) is 26.0 Å². The number of rotatable bonds is 3. The molecule has 0 spiro atoms. The van der Waals surface area contributed by atoms with Gasteiger partial charge in [-0.2, -0.15) is 0 Å². The molecule has 0 saturated heterocycles. The molecule has 104 valence electrons. The summed E-state index contributed by atoms with van der Waals surface area (Å²) in [5, 5.41) is 0. The van der Waals surface area contributed by atoms with Crippen LogP contribution in [0.5, 0.6) is 11.5 Å². The van der Waals surface area contributed by atoms with Gasteiger partial charge in [0, 0.05) is 38.4 Å². The number of fused-ring (bicyclic) bond motifs is 1. The molecule has 0 radical (unpaired) electrons. The Morgan fingerprint density at radius 1 is 1.00 bits per heavy atom. The van der Waals surface area contributed by atoms with Crippen molar-refractivity contribution in [1.82, 2.24) is 4.90 Å². The van der Waals surface area contributed by atoms with Crippen LogP contribution in [0.15, 0.2) is 42.5 Å². The minimum atomic E-state index is 0.888. The quantitative estimate of drug-likeness (QED) is 0.847. The standard InChI is InChI=1S/C17H20N2O/c1-18(2)14-7-9-15(10-8-14)20-17-6-4-5-13-11-19(3)12-16(13)17/h4-10H,11-12H2,1-3H3. The summed E-state index contributed by atoms with van der Waals surface area (Å²) in [6.07, 6.45) is 0. The molecule has 3 nitrogen and oxygen atoms in total. The van der Waals surface area contributed by atoms with Gasteiger partial charge in [0.05, 0.1) is 0 Å².